The summed E-state index contributed by atoms with van der Waals surface area (Å²) in [7, 11) is 0. The lowest BCUT2D eigenvalue weighted by molar-refractivity contribution is -0.143. The number of amides is 1. The van der Waals surface area contributed by atoms with Gasteiger partial charge in [0, 0.05) is 25.3 Å². The number of nitrogens with one attached hydrogen (secondary N) is 1. The highest BCUT2D eigenvalue weighted by Crippen LogP contribution is 2.32. The molecule has 0 saturated carbocycles. The number of carboxylic acids is 1. The summed E-state index contributed by atoms with van der Waals surface area (Å²) in [6.07, 6.45) is 0. The van der Waals surface area contributed by atoms with Gasteiger partial charge in [-0.1, -0.05) is 25.1 Å². The summed E-state index contributed by atoms with van der Waals surface area (Å²) in [6.45, 7) is 4.86. The first kappa shape index (κ1) is 14.4. The van der Waals surface area contributed by atoms with E-state index in [9.17, 15) is 9.59 Å². The number of aliphatic carboxylic acids is 1. The van der Waals surface area contributed by atoms with Crippen molar-refractivity contribution < 1.29 is 14.7 Å². The van der Waals surface area contributed by atoms with Crippen LogP contribution in [0.3, 0.4) is 0 Å². The van der Waals surface area contributed by atoms with Gasteiger partial charge in [-0.2, -0.15) is 0 Å². The smallest absolute Gasteiger partial charge is 0.308 e. The van der Waals surface area contributed by atoms with Crippen LogP contribution in [0.5, 0.6) is 0 Å². The maximum Gasteiger partial charge on any atom is 0.308 e. The van der Waals surface area contributed by atoms with Crippen LogP contribution in [0.2, 0.25) is 0 Å². The predicted molar refractivity (Wildman–Crippen MR) is 76.7 cm³/mol. The second-order valence-electron chi connectivity index (χ2n) is 5.14. The van der Waals surface area contributed by atoms with Crippen LogP contribution in [0, 0.1) is 5.92 Å². The molecule has 1 aliphatic rings. The summed E-state index contributed by atoms with van der Waals surface area (Å²) in [4.78, 5) is 25.2. The molecule has 108 valence electrons. The van der Waals surface area contributed by atoms with Crippen LogP contribution in [0.4, 0.5) is 5.69 Å². The van der Waals surface area contributed by atoms with E-state index in [0.29, 0.717) is 13.1 Å². The zero-order chi connectivity index (χ0) is 14.7. The number of nitrogens with zero attached hydrogens (tertiary/aromatic N) is 1. The number of fused-ring (bicyclic) bond motifs is 1. The number of hydrogen-bond acceptors (Lipinski definition) is 3. The molecule has 2 unspecified atom stereocenters. The fraction of sp³-hybridized carbons (Fsp3) is 0.467. The molecule has 0 aromatic heterocycles. The Morgan fingerprint density at radius 1 is 1.45 bits per heavy atom. The van der Waals surface area contributed by atoms with E-state index in [2.05, 4.69) is 5.32 Å². The molecule has 0 fully saturated rings. The van der Waals surface area contributed by atoms with Gasteiger partial charge in [0.15, 0.2) is 0 Å². The van der Waals surface area contributed by atoms with Crippen molar-refractivity contribution >= 4 is 17.6 Å². The van der Waals surface area contributed by atoms with Crippen molar-refractivity contribution in [2.24, 2.45) is 5.92 Å². The van der Waals surface area contributed by atoms with Gasteiger partial charge in [-0.25, -0.2) is 0 Å². The largest absolute Gasteiger partial charge is 0.481 e. The Kier molecular flexibility index (Phi) is 4.27. The van der Waals surface area contributed by atoms with Crippen molar-refractivity contribution in [2.45, 2.75) is 19.8 Å². The minimum absolute atomic E-state index is 0.00181. The molecule has 20 heavy (non-hydrogen) atoms. The molecule has 1 amide bonds. The number of likely N-dealkylation sites (N-methyl/N-ethyl adjacent to an activating group) is 1. The Morgan fingerprint density at radius 2 is 2.15 bits per heavy atom. The zero-order valence-electron chi connectivity index (χ0n) is 11.8. The van der Waals surface area contributed by atoms with Crippen LogP contribution in [0.1, 0.15) is 25.3 Å². The van der Waals surface area contributed by atoms with Gasteiger partial charge >= 0.3 is 5.97 Å². The van der Waals surface area contributed by atoms with Crippen molar-refractivity contribution in [3.63, 3.8) is 0 Å². The first-order valence-electron chi connectivity index (χ1n) is 6.89. The highest BCUT2D eigenvalue weighted by molar-refractivity contribution is 5.88. The molecule has 1 aliphatic heterocycles. The molecular formula is C15H20N2O3. The van der Waals surface area contributed by atoms with Gasteiger partial charge in [-0.05, 0) is 18.6 Å². The van der Waals surface area contributed by atoms with E-state index >= 15 is 0 Å². The number of rotatable bonds is 5. The van der Waals surface area contributed by atoms with Crippen LogP contribution in [-0.2, 0) is 9.59 Å². The van der Waals surface area contributed by atoms with Gasteiger partial charge in [0.2, 0.25) is 5.91 Å². The minimum Gasteiger partial charge on any atom is -0.481 e. The Labute approximate surface area is 118 Å². The molecule has 1 heterocycles. The lowest BCUT2D eigenvalue weighted by Crippen LogP contribution is -2.40. The average molecular weight is 276 g/mol. The zero-order valence-corrected chi connectivity index (χ0v) is 11.8. The molecule has 0 aliphatic carbocycles. The molecule has 5 nitrogen and oxygen atoms in total. The second kappa shape index (κ2) is 5.94. The summed E-state index contributed by atoms with van der Waals surface area (Å²) < 4.78 is 0. The Balaban J connectivity index is 2.12. The van der Waals surface area contributed by atoms with Crippen LogP contribution in [0.15, 0.2) is 24.3 Å². The number of carbonyl (C=O) groups is 2. The molecule has 0 saturated heterocycles. The highest BCUT2D eigenvalue weighted by atomic mass is 16.4. The minimum atomic E-state index is -0.874. The molecule has 2 N–H and O–H groups in total. The quantitative estimate of drug-likeness (QED) is 0.860. The molecule has 0 bridgehead atoms. The van der Waals surface area contributed by atoms with Gasteiger partial charge in [-0.3, -0.25) is 9.59 Å². The molecule has 2 rings (SSSR count). The van der Waals surface area contributed by atoms with E-state index < -0.39 is 11.9 Å². The SMILES string of the molecule is CCN(CC(C)C(=O)O)C(=O)C1CNc2ccccc21. The molecule has 2 atom stereocenters. The fourth-order valence-electron chi connectivity index (χ4n) is 2.51. The lowest BCUT2D eigenvalue weighted by Gasteiger charge is -2.25. The number of carboxylic acid groups (broad SMARTS) is 1. The summed E-state index contributed by atoms with van der Waals surface area (Å²) in [5, 5.41) is 12.2. The third kappa shape index (κ3) is 2.76. The third-order valence-electron chi connectivity index (χ3n) is 3.74. The van der Waals surface area contributed by atoms with E-state index in [1.54, 1.807) is 11.8 Å². The molecule has 1 aromatic rings. The van der Waals surface area contributed by atoms with E-state index in [-0.39, 0.29) is 18.4 Å². The maximum atomic E-state index is 12.6. The van der Waals surface area contributed by atoms with Crippen molar-refractivity contribution in [3.05, 3.63) is 29.8 Å². The second-order valence-corrected chi connectivity index (χ2v) is 5.14. The summed E-state index contributed by atoms with van der Waals surface area (Å²) in [6, 6.07) is 7.76. The monoisotopic (exact) mass is 276 g/mol. The van der Waals surface area contributed by atoms with Crippen molar-refractivity contribution in [2.75, 3.05) is 25.0 Å². The number of para-hydroxylation sites is 1. The fourth-order valence-corrected chi connectivity index (χ4v) is 2.51. The van der Waals surface area contributed by atoms with Crippen LogP contribution >= 0.6 is 0 Å². The Bertz CT molecular complexity index is 516. The summed E-state index contributed by atoms with van der Waals surface area (Å²) >= 11 is 0. The number of anilines is 1. The number of benzene rings is 1. The molecule has 0 spiro atoms. The van der Waals surface area contributed by atoms with Gasteiger partial charge < -0.3 is 15.3 Å². The Morgan fingerprint density at radius 3 is 2.80 bits per heavy atom. The van der Waals surface area contributed by atoms with E-state index in [1.165, 1.54) is 0 Å². The first-order chi connectivity index (χ1) is 9.54. The van der Waals surface area contributed by atoms with E-state index in [0.717, 1.165) is 11.3 Å². The van der Waals surface area contributed by atoms with Crippen molar-refractivity contribution in [3.8, 4) is 0 Å². The maximum absolute atomic E-state index is 12.6. The van der Waals surface area contributed by atoms with Crippen molar-refractivity contribution in [1.82, 2.24) is 4.90 Å². The number of carbonyl (C=O) groups excluding carboxylic acids is 1. The normalized spacial score (nSPS) is 18.0. The topological polar surface area (TPSA) is 69.6 Å². The van der Waals surface area contributed by atoms with Gasteiger partial charge in [0.05, 0.1) is 11.8 Å². The highest BCUT2D eigenvalue weighted by Gasteiger charge is 2.32. The third-order valence-corrected chi connectivity index (χ3v) is 3.74. The van der Waals surface area contributed by atoms with Crippen molar-refractivity contribution in [1.29, 1.82) is 0 Å². The first-order valence-corrected chi connectivity index (χ1v) is 6.89. The molecule has 5 heteroatoms. The van der Waals surface area contributed by atoms with Gasteiger partial charge in [0.25, 0.3) is 0 Å². The molecule has 1 aromatic carbocycles. The molecule has 0 radical (unpaired) electrons. The van der Waals surface area contributed by atoms with Crippen LogP contribution in [-0.4, -0.2) is 41.5 Å². The van der Waals surface area contributed by atoms with E-state index in [1.807, 2.05) is 31.2 Å². The van der Waals surface area contributed by atoms with Gasteiger partial charge in [0.1, 0.15) is 0 Å². The van der Waals surface area contributed by atoms with Crippen LogP contribution in [0.25, 0.3) is 0 Å². The Hall–Kier alpha value is -2.04. The summed E-state index contributed by atoms with van der Waals surface area (Å²) in [5.74, 6) is -1.64. The summed E-state index contributed by atoms with van der Waals surface area (Å²) in [5.41, 5.74) is 1.99. The lowest BCUT2D eigenvalue weighted by atomic mass is 9.99. The van der Waals surface area contributed by atoms with E-state index in [4.69, 9.17) is 5.11 Å². The number of hydrogen-bond donors (Lipinski definition) is 2. The predicted octanol–water partition coefficient (Wildman–Crippen LogP) is 1.76. The molecular weight excluding hydrogens is 256 g/mol. The standard InChI is InChI=1S/C15H20N2O3/c1-3-17(9-10(2)15(19)20)14(18)12-8-16-13-7-5-4-6-11(12)13/h4-7,10,12,16H,3,8-9H2,1-2H3,(H,19,20). The van der Waals surface area contributed by atoms with Crippen LogP contribution < -0.4 is 5.32 Å². The van der Waals surface area contributed by atoms with Gasteiger partial charge in [-0.15, -0.1) is 0 Å². The average Bonchev–Trinajstić information content (AvgIpc) is 2.87.